The Hall–Kier alpha value is -4.63. The fraction of sp³-hybridized carbons (Fsp3) is 0.361. The van der Waals surface area contributed by atoms with Crippen molar-refractivity contribution in [2.75, 3.05) is 31.1 Å². The highest BCUT2D eigenvalue weighted by atomic mass is 32.1. The molecule has 1 aliphatic rings. The minimum absolute atomic E-state index is 0.129. The number of nitrogens with zero attached hydrogens (tertiary/aromatic N) is 3. The molecule has 0 radical (unpaired) electrons. The fourth-order valence-corrected chi connectivity index (χ4v) is 6.56. The quantitative estimate of drug-likeness (QED) is 0.115. The number of ketones is 1. The van der Waals surface area contributed by atoms with Crippen LogP contribution in [0, 0.1) is 6.92 Å². The summed E-state index contributed by atoms with van der Waals surface area (Å²) in [6.07, 6.45) is -8.79. The maximum atomic E-state index is 13.3. The van der Waals surface area contributed by atoms with Crippen molar-refractivity contribution in [1.29, 1.82) is 0 Å². The molecule has 0 atom stereocenters. The van der Waals surface area contributed by atoms with Crippen LogP contribution >= 0.6 is 11.3 Å². The Bertz CT molecular complexity index is 1850. The molecule has 0 saturated carbocycles. The van der Waals surface area contributed by atoms with Gasteiger partial charge in [-0.3, -0.25) is 9.69 Å². The van der Waals surface area contributed by atoms with Gasteiger partial charge in [-0.25, -0.2) is 9.78 Å². The lowest BCUT2D eigenvalue weighted by Gasteiger charge is -2.36. The van der Waals surface area contributed by atoms with Gasteiger partial charge in [-0.2, -0.15) is 13.2 Å². The first-order valence-corrected chi connectivity index (χ1v) is 16.8. The van der Waals surface area contributed by atoms with E-state index in [1.54, 1.807) is 37.3 Å². The van der Waals surface area contributed by atoms with Gasteiger partial charge in [-0.15, -0.1) is 24.5 Å². The van der Waals surface area contributed by atoms with Crippen molar-refractivity contribution in [2.45, 2.75) is 58.3 Å². The number of aromatic nitrogens is 1. The standard InChI is InChI=1S/C36H35F6N3O5S/c1-22-20-24(6-14-30(22)50-34(2,3)33(47)48)29(46)13-15-31-28(43-32(51-31)23-4-7-25(8-5-23)35(37,38)39)21-44-16-18-45(19-17-44)26-9-11-27(12-10-26)49-36(40,41)42/h4-12,14,20H,13,15-19,21H2,1-3H3,(H,47,48). The number of carbonyl (C=O) groups excluding carboxylic acids is 1. The minimum atomic E-state index is -4.77. The fourth-order valence-electron chi connectivity index (χ4n) is 5.49. The van der Waals surface area contributed by atoms with Crippen molar-refractivity contribution in [1.82, 2.24) is 9.88 Å². The Morgan fingerprint density at radius 3 is 2.10 bits per heavy atom. The molecule has 4 aromatic rings. The third-order valence-corrected chi connectivity index (χ3v) is 9.58. The smallest absolute Gasteiger partial charge is 0.478 e. The van der Waals surface area contributed by atoms with Crippen molar-refractivity contribution in [3.63, 3.8) is 0 Å². The van der Waals surface area contributed by atoms with Crippen molar-refractivity contribution < 1.29 is 50.5 Å². The zero-order valence-electron chi connectivity index (χ0n) is 27.9. The summed E-state index contributed by atoms with van der Waals surface area (Å²) in [5.41, 5.74) is 0.774. The number of hydrogen-bond donors (Lipinski definition) is 1. The lowest BCUT2D eigenvalue weighted by atomic mass is 10.0. The number of halogens is 6. The predicted molar refractivity (Wildman–Crippen MR) is 179 cm³/mol. The summed E-state index contributed by atoms with van der Waals surface area (Å²) in [4.78, 5) is 34.6. The molecule has 0 unspecified atom stereocenters. The lowest BCUT2D eigenvalue weighted by Crippen LogP contribution is -2.46. The van der Waals surface area contributed by atoms with Crippen LogP contribution in [-0.4, -0.2) is 64.9 Å². The highest BCUT2D eigenvalue weighted by molar-refractivity contribution is 7.15. The molecule has 15 heteroatoms. The number of Topliss-reactive ketones (excluding diaryl/α,β-unsaturated/α-hetero) is 1. The van der Waals surface area contributed by atoms with Crippen LogP contribution < -0.4 is 14.4 Å². The number of anilines is 1. The monoisotopic (exact) mass is 735 g/mol. The second kappa shape index (κ2) is 14.9. The third-order valence-electron chi connectivity index (χ3n) is 8.37. The molecule has 1 N–H and O–H groups in total. The van der Waals surface area contributed by atoms with Crippen LogP contribution in [0.4, 0.5) is 32.0 Å². The van der Waals surface area contributed by atoms with E-state index in [0.717, 1.165) is 22.7 Å². The van der Waals surface area contributed by atoms with E-state index >= 15 is 0 Å². The van der Waals surface area contributed by atoms with Gasteiger partial charge in [0.25, 0.3) is 0 Å². The molecule has 2 heterocycles. The molecule has 1 aromatic heterocycles. The normalized spacial score (nSPS) is 14.4. The summed E-state index contributed by atoms with van der Waals surface area (Å²) < 4.78 is 86.8. The Balaban J connectivity index is 1.29. The number of ether oxygens (including phenoxy) is 2. The van der Waals surface area contributed by atoms with E-state index in [0.29, 0.717) is 72.3 Å². The first-order chi connectivity index (χ1) is 23.9. The van der Waals surface area contributed by atoms with Gasteiger partial charge >= 0.3 is 18.5 Å². The Morgan fingerprint density at radius 2 is 1.53 bits per heavy atom. The number of benzene rings is 3. The molecule has 51 heavy (non-hydrogen) atoms. The van der Waals surface area contributed by atoms with Crippen molar-refractivity contribution in [3.05, 3.63) is 94.0 Å². The minimum Gasteiger partial charge on any atom is -0.478 e. The molecule has 0 amide bonds. The highest BCUT2D eigenvalue weighted by Crippen LogP contribution is 2.35. The molecule has 1 aliphatic heterocycles. The van der Waals surface area contributed by atoms with Gasteiger partial charge in [0, 0.05) is 60.8 Å². The van der Waals surface area contributed by atoms with Crippen LogP contribution in [0.3, 0.4) is 0 Å². The average molecular weight is 736 g/mol. The summed E-state index contributed by atoms with van der Waals surface area (Å²) in [6, 6.07) is 15.2. The lowest BCUT2D eigenvalue weighted by molar-refractivity contribution is -0.274. The van der Waals surface area contributed by atoms with E-state index in [1.807, 2.05) is 4.90 Å². The summed E-state index contributed by atoms with van der Waals surface area (Å²) in [5.74, 6) is -1.24. The number of carbonyl (C=O) groups is 2. The number of hydrogen-bond acceptors (Lipinski definition) is 8. The van der Waals surface area contributed by atoms with Crippen LogP contribution in [0.1, 0.15) is 52.3 Å². The van der Waals surface area contributed by atoms with E-state index in [4.69, 9.17) is 9.72 Å². The first kappa shape index (κ1) is 37.6. The van der Waals surface area contributed by atoms with Crippen LogP contribution in [0.25, 0.3) is 10.6 Å². The van der Waals surface area contributed by atoms with Crippen molar-refractivity contribution in [3.8, 4) is 22.1 Å². The number of piperazine rings is 1. The van der Waals surface area contributed by atoms with Gasteiger partial charge < -0.3 is 19.5 Å². The molecule has 0 bridgehead atoms. The van der Waals surface area contributed by atoms with Gasteiger partial charge in [0.2, 0.25) is 0 Å². The molecule has 0 spiro atoms. The maximum Gasteiger partial charge on any atom is 0.573 e. The van der Waals surface area contributed by atoms with E-state index in [1.165, 1.54) is 49.4 Å². The van der Waals surface area contributed by atoms with E-state index in [2.05, 4.69) is 9.64 Å². The van der Waals surface area contributed by atoms with Crippen molar-refractivity contribution >= 4 is 28.8 Å². The van der Waals surface area contributed by atoms with Crippen LogP contribution in [0.5, 0.6) is 11.5 Å². The Labute approximate surface area is 294 Å². The van der Waals surface area contributed by atoms with E-state index < -0.39 is 29.7 Å². The van der Waals surface area contributed by atoms with Gasteiger partial charge in [-0.05, 0) is 87.4 Å². The third kappa shape index (κ3) is 9.79. The van der Waals surface area contributed by atoms with Gasteiger partial charge in [0.05, 0.1) is 11.3 Å². The summed E-state index contributed by atoms with van der Waals surface area (Å²) in [7, 11) is 0. The van der Waals surface area contributed by atoms with Crippen LogP contribution in [-0.2, 0) is 23.9 Å². The average Bonchev–Trinajstić information content (AvgIpc) is 3.46. The Kier molecular flexibility index (Phi) is 11.0. The van der Waals surface area contributed by atoms with E-state index in [9.17, 15) is 41.0 Å². The second-order valence-corrected chi connectivity index (χ2v) is 13.7. The summed E-state index contributed by atoms with van der Waals surface area (Å²) in [6.45, 7) is 7.40. The van der Waals surface area contributed by atoms with Gasteiger partial charge in [-0.1, -0.05) is 12.1 Å². The molecule has 8 nitrogen and oxygen atoms in total. The van der Waals surface area contributed by atoms with Crippen LogP contribution in [0.15, 0.2) is 66.7 Å². The summed E-state index contributed by atoms with van der Waals surface area (Å²) in [5, 5.41) is 9.92. The van der Waals surface area contributed by atoms with Gasteiger partial charge in [0.15, 0.2) is 11.4 Å². The zero-order valence-corrected chi connectivity index (χ0v) is 28.7. The SMILES string of the molecule is Cc1cc(C(=O)CCc2sc(-c3ccc(C(F)(F)F)cc3)nc2CN2CCN(c3ccc(OC(F)(F)F)cc3)CC2)ccc1OC(C)(C)C(=O)O. The molecule has 0 aliphatic carbocycles. The molecule has 5 rings (SSSR count). The number of aliphatic carboxylic acids is 1. The molecular weight excluding hydrogens is 700 g/mol. The van der Waals surface area contributed by atoms with E-state index in [-0.39, 0.29) is 18.0 Å². The molecule has 3 aromatic carbocycles. The molecule has 1 saturated heterocycles. The first-order valence-electron chi connectivity index (χ1n) is 15.9. The molecular formula is C36H35F6N3O5S. The Morgan fingerprint density at radius 1 is 0.882 bits per heavy atom. The topological polar surface area (TPSA) is 92.2 Å². The number of alkyl halides is 6. The maximum absolute atomic E-state index is 13.3. The zero-order chi connectivity index (χ0) is 37.1. The number of thiazole rings is 1. The highest BCUT2D eigenvalue weighted by Gasteiger charge is 2.32. The molecule has 272 valence electrons. The van der Waals surface area contributed by atoms with Gasteiger partial charge in [0.1, 0.15) is 16.5 Å². The number of carboxylic acid groups (broad SMARTS) is 1. The predicted octanol–water partition coefficient (Wildman–Crippen LogP) is 8.42. The van der Waals surface area contributed by atoms with Crippen LogP contribution in [0.2, 0.25) is 0 Å². The number of aryl methyl sites for hydroxylation is 2. The summed E-state index contributed by atoms with van der Waals surface area (Å²) >= 11 is 1.32. The van der Waals surface area contributed by atoms with Crippen molar-refractivity contribution in [2.24, 2.45) is 0 Å². The number of rotatable bonds is 12. The number of carboxylic acids is 1. The largest absolute Gasteiger partial charge is 0.573 e. The molecule has 1 fully saturated rings. The second-order valence-electron chi connectivity index (χ2n) is 12.6.